The third kappa shape index (κ3) is 3.64. The third-order valence-corrected chi connectivity index (χ3v) is 6.70. The van der Waals surface area contributed by atoms with Crippen LogP contribution < -0.4 is 14.8 Å². The van der Waals surface area contributed by atoms with Gasteiger partial charge in [-0.1, -0.05) is 12.1 Å². The van der Waals surface area contributed by atoms with Gasteiger partial charge in [-0.15, -0.1) is 0 Å². The van der Waals surface area contributed by atoms with Gasteiger partial charge in [0.05, 0.1) is 4.91 Å². The number of aromatic hydroxyl groups is 1. The van der Waals surface area contributed by atoms with Crippen molar-refractivity contribution in [3.05, 3.63) is 57.0 Å². The number of benzene rings is 2. The zero-order valence-electron chi connectivity index (χ0n) is 18.4. The van der Waals surface area contributed by atoms with Crippen molar-refractivity contribution < 1.29 is 29.0 Å². The summed E-state index contributed by atoms with van der Waals surface area (Å²) in [4.78, 5) is 36.5. The summed E-state index contributed by atoms with van der Waals surface area (Å²) in [6.45, 7) is 9.10. The monoisotopic (exact) mass is 453 g/mol. The number of esters is 1. The van der Waals surface area contributed by atoms with Crippen molar-refractivity contribution in [1.82, 2.24) is 5.32 Å². The van der Waals surface area contributed by atoms with Crippen LogP contribution in [0.2, 0.25) is 0 Å². The summed E-state index contributed by atoms with van der Waals surface area (Å²) in [7, 11) is 0. The molecule has 0 unspecified atom stereocenters. The topological polar surface area (TPSA) is 102 Å². The molecule has 0 bridgehead atoms. The molecule has 166 valence electrons. The Hall–Kier alpha value is -3.26. The van der Waals surface area contributed by atoms with Gasteiger partial charge in [0.15, 0.2) is 0 Å². The second-order valence-corrected chi connectivity index (χ2v) is 9.46. The molecule has 1 atom stereocenters. The number of hydrogen-bond donors (Lipinski definition) is 2. The second kappa shape index (κ2) is 7.70. The van der Waals surface area contributed by atoms with Crippen LogP contribution in [0.5, 0.6) is 17.2 Å². The first kappa shape index (κ1) is 22.0. The molecular weight excluding hydrogens is 430 g/mol. The van der Waals surface area contributed by atoms with E-state index >= 15 is 0 Å². The Morgan fingerprint density at radius 3 is 2.38 bits per heavy atom. The first-order valence-corrected chi connectivity index (χ1v) is 10.9. The van der Waals surface area contributed by atoms with Crippen LogP contribution in [0.25, 0.3) is 6.08 Å². The lowest BCUT2D eigenvalue weighted by molar-refractivity contribution is -0.139. The van der Waals surface area contributed by atoms with Crippen LogP contribution in [0.15, 0.2) is 29.2 Å². The van der Waals surface area contributed by atoms with Gasteiger partial charge in [-0.2, -0.15) is 0 Å². The summed E-state index contributed by atoms with van der Waals surface area (Å²) in [5.41, 5.74) is 2.64. The van der Waals surface area contributed by atoms with Crippen molar-refractivity contribution >= 4 is 35.0 Å². The molecule has 2 N–H and O–H groups in total. The number of imide groups is 1. The Balaban J connectivity index is 1.59. The fourth-order valence-corrected chi connectivity index (χ4v) is 4.74. The first-order valence-electron chi connectivity index (χ1n) is 10.1. The van der Waals surface area contributed by atoms with E-state index in [-0.39, 0.29) is 5.75 Å². The molecule has 2 aromatic carbocycles. The number of phenols is 1. The highest BCUT2D eigenvalue weighted by molar-refractivity contribution is 8.18. The van der Waals surface area contributed by atoms with Gasteiger partial charge in [-0.05, 0) is 86.8 Å². The van der Waals surface area contributed by atoms with E-state index in [1.54, 1.807) is 37.3 Å². The Morgan fingerprint density at radius 2 is 1.78 bits per heavy atom. The van der Waals surface area contributed by atoms with E-state index in [0.717, 1.165) is 22.9 Å². The van der Waals surface area contributed by atoms with Crippen LogP contribution in [-0.2, 0) is 9.59 Å². The summed E-state index contributed by atoms with van der Waals surface area (Å²) in [6, 6.07) is 6.64. The Bertz CT molecular complexity index is 1200. The Kier molecular flexibility index (Phi) is 5.29. The van der Waals surface area contributed by atoms with E-state index in [1.165, 1.54) is 0 Å². The molecule has 2 aliphatic heterocycles. The smallest absolute Gasteiger partial charge is 0.323 e. The number of phenolic OH excluding ortho intramolecular Hbond substituents is 1. The molecule has 2 aromatic rings. The van der Waals surface area contributed by atoms with E-state index in [9.17, 15) is 19.5 Å². The minimum Gasteiger partial charge on any atom is -0.507 e. The highest BCUT2D eigenvalue weighted by Gasteiger charge is 2.49. The molecule has 0 spiro atoms. The number of thioether (sulfide) groups is 1. The lowest BCUT2D eigenvalue weighted by Crippen LogP contribution is -2.37. The molecule has 1 fully saturated rings. The van der Waals surface area contributed by atoms with Gasteiger partial charge in [-0.25, -0.2) is 0 Å². The average molecular weight is 454 g/mol. The molecule has 1 saturated heterocycles. The van der Waals surface area contributed by atoms with E-state index < -0.39 is 28.6 Å². The third-order valence-electron chi connectivity index (χ3n) is 5.89. The summed E-state index contributed by atoms with van der Waals surface area (Å²) in [5, 5.41) is 12.3. The van der Waals surface area contributed by atoms with Crippen LogP contribution in [-0.4, -0.2) is 27.8 Å². The highest BCUT2D eigenvalue weighted by atomic mass is 32.2. The normalized spacial score (nSPS) is 20.2. The molecule has 2 heterocycles. The summed E-state index contributed by atoms with van der Waals surface area (Å²) in [5.74, 6) is -0.511. The lowest BCUT2D eigenvalue weighted by Gasteiger charge is -2.25. The van der Waals surface area contributed by atoms with Gasteiger partial charge in [0.1, 0.15) is 28.8 Å². The molecule has 8 heteroatoms. The van der Waals surface area contributed by atoms with Crippen LogP contribution in [0.4, 0.5) is 4.79 Å². The molecule has 0 aliphatic carbocycles. The maximum Gasteiger partial charge on any atom is 0.323 e. The van der Waals surface area contributed by atoms with Gasteiger partial charge in [0, 0.05) is 5.56 Å². The molecule has 7 nitrogen and oxygen atoms in total. The molecular formula is C24H23NO6S. The number of hydrogen-bond acceptors (Lipinski definition) is 7. The van der Waals surface area contributed by atoms with Crippen molar-refractivity contribution in [2.75, 3.05) is 0 Å². The molecule has 32 heavy (non-hydrogen) atoms. The Morgan fingerprint density at radius 1 is 1.12 bits per heavy atom. The fourth-order valence-electron chi connectivity index (χ4n) is 4.06. The second-order valence-electron chi connectivity index (χ2n) is 8.45. The number of amides is 2. The number of carbonyl (C=O) groups is 3. The zero-order valence-corrected chi connectivity index (χ0v) is 19.2. The maximum absolute atomic E-state index is 13.2. The van der Waals surface area contributed by atoms with Crippen LogP contribution >= 0.6 is 11.8 Å². The maximum atomic E-state index is 13.2. The largest absolute Gasteiger partial charge is 0.507 e. The van der Waals surface area contributed by atoms with Gasteiger partial charge in [0.2, 0.25) is 0 Å². The number of fused-ring (bicyclic) bond motifs is 1. The molecule has 0 aromatic heterocycles. The predicted molar refractivity (Wildman–Crippen MR) is 121 cm³/mol. The van der Waals surface area contributed by atoms with Crippen molar-refractivity contribution in [1.29, 1.82) is 0 Å². The van der Waals surface area contributed by atoms with Crippen LogP contribution in [0.3, 0.4) is 0 Å². The number of ether oxygens (including phenoxy) is 2. The minimum atomic E-state index is -0.848. The van der Waals surface area contributed by atoms with Gasteiger partial charge < -0.3 is 14.6 Å². The number of nitrogens with one attached hydrogen (secondary N) is 1. The average Bonchev–Trinajstić information content (AvgIpc) is 3.20. The molecule has 2 aliphatic rings. The van der Waals surface area contributed by atoms with E-state index in [1.807, 2.05) is 27.7 Å². The Labute approximate surface area is 189 Å². The first-order chi connectivity index (χ1) is 15.0. The van der Waals surface area contributed by atoms with E-state index in [2.05, 4.69) is 5.32 Å². The highest BCUT2D eigenvalue weighted by Crippen LogP contribution is 2.51. The predicted octanol–water partition coefficient (Wildman–Crippen LogP) is 4.50. The van der Waals surface area contributed by atoms with Crippen molar-refractivity contribution in [2.45, 2.75) is 46.1 Å². The van der Waals surface area contributed by atoms with E-state index in [0.29, 0.717) is 33.1 Å². The molecule has 0 radical (unpaired) electrons. The number of carbonyl (C=O) groups excluding carboxylic acids is 3. The van der Waals surface area contributed by atoms with Crippen molar-refractivity contribution in [2.24, 2.45) is 0 Å². The standard InChI is InChI=1S/C24H23NO6S/c1-11-12(2)20-17(13(3)19(11)26)18(24(4,5)31-20)22(28)30-15-8-6-14(7-9-15)10-16-21(27)25-23(29)32-16/h6-10,18,26H,1-5H3,(H,25,27,29)/b16-10-/t18-/m0/s1. The van der Waals surface area contributed by atoms with Gasteiger partial charge in [-0.3, -0.25) is 19.7 Å². The molecule has 2 amide bonds. The minimum absolute atomic E-state index is 0.157. The molecule has 4 rings (SSSR count). The van der Waals surface area contributed by atoms with Crippen molar-refractivity contribution in [3.63, 3.8) is 0 Å². The summed E-state index contributed by atoms with van der Waals surface area (Å²) >= 11 is 0.840. The number of rotatable bonds is 3. The van der Waals surface area contributed by atoms with E-state index in [4.69, 9.17) is 9.47 Å². The van der Waals surface area contributed by atoms with Crippen LogP contribution in [0, 0.1) is 20.8 Å². The quantitative estimate of drug-likeness (QED) is 0.401. The lowest BCUT2D eigenvalue weighted by atomic mass is 9.83. The molecule has 0 saturated carbocycles. The summed E-state index contributed by atoms with van der Waals surface area (Å²) < 4.78 is 11.8. The van der Waals surface area contributed by atoms with Gasteiger partial charge in [0.25, 0.3) is 11.1 Å². The van der Waals surface area contributed by atoms with Crippen molar-refractivity contribution in [3.8, 4) is 17.2 Å². The van der Waals surface area contributed by atoms with Crippen LogP contribution in [0.1, 0.15) is 47.6 Å². The summed E-state index contributed by atoms with van der Waals surface area (Å²) in [6.07, 6.45) is 1.60. The fraction of sp³-hybridized carbons (Fsp3) is 0.292. The zero-order chi connectivity index (χ0) is 23.4. The van der Waals surface area contributed by atoms with Gasteiger partial charge >= 0.3 is 5.97 Å². The SMILES string of the molecule is Cc1c(C)c2c(c(C)c1O)[C@@H](C(=O)Oc1ccc(/C=C3\SC(=O)NC3=O)cc1)C(C)(C)O2.